The molecule has 0 aliphatic heterocycles. The molecule has 0 bridgehead atoms. The van der Waals surface area contributed by atoms with Gasteiger partial charge in [0, 0.05) is 12.1 Å². The van der Waals surface area contributed by atoms with Crippen molar-refractivity contribution in [3.63, 3.8) is 0 Å². The molecule has 0 saturated heterocycles. The number of hydrogen-bond donors (Lipinski definition) is 1. The largest absolute Gasteiger partial charge is 0.490 e. The van der Waals surface area contributed by atoms with Gasteiger partial charge in [-0.2, -0.15) is 9.65 Å². The molecule has 1 aromatic carbocycles. The molecule has 1 N–H and O–H groups in total. The molecule has 0 aromatic heterocycles. The van der Waals surface area contributed by atoms with Crippen molar-refractivity contribution in [1.29, 1.82) is 5.26 Å². The third kappa shape index (κ3) is 3.89. The molecule has 0 heterocycles. The van der Waals surface area contributed by atoms with E-state index in [9.17, 15) is 14.5 Å². The number of nitrogens with zero attached hydrogens (tertiary/aromatic N) is 2. The zero-order chi connectivity index (χ0) is 14.5. The summed E-state index contributed by atoms with van der Waals surface area (Å²) in [5, 5.41) is 22.4. The molecule has 0 aliphatic rings. The van der Waals surface area contributed by atoms with Gasteiger partial charge in [0.25, 0.3) is 0 Å². The van der Waals surface area contributed by atoms with Gasteiger partial charge in [-0.1, -0.05) is 6.92 Å². The van der Waals surface area contributed by atoms with Crippen LogP contribution in [0.4, 0.5) is 10.1 Å². The van der Waals surface area contributed by atoms with Gasteiger partial charge >= 0.3 is 5.69 Å². The van der Waals surface area contributed by atoms with E-state index in [-0.39, 0.29) is 12.4 Å². The lowest BCUT2D eigenvalue weighted by Crippen LogP contribution is -2.46. The van der Waals surface area contributed by atoms with E-state index in [1.807, 2.05) is 6.92 Å². The van der Waals surface area contributed by atoms with Crippen LogP contribution < -0.4 is 10.1 Å². The van der Waals surface area contributed by atoms with Crippen LogP contribution in [0.1, 0.15) is 13.8 Å². The van der Waals surface area contributed by atoms with Crippen LogP contribution in [0.15, 0.2) is 18.2 Å². The number of nitriles is 1. The number of likely N-dealkylation sites (N-methyl/N-ethyl adjacent to an activating group) is 1. The molecule has 0 aliphatic carbocycles. The molecule has 0 saturated carbocycles. The molecular weight excluding hydrogens is 253 g/mol. The number of rotatable bonds is 6. The Labute approximate surface area is 109 Å². The molecule has 1 unspecified atom stereocenters. The average Bonchev–Trinajstić information content (AvgIpc) is 2.36. The summed E-state index contributed by atoms with van der Waals surface area (Å²) < 4.78 is 18.6. The highest BCUT2D eigenvalue weighted by Crippen LogP contribution is 2.22. The van der Waals surface area contributed by atoms with Gasteiger partial charge in [0.2, 0.25) is 5.82 Å². The molecule has 6 nitrogen and oxygen atoms in total. The molecule has 0 amide bonds. The van der Waals surface area contributed by atoms with Crippen LogP contribution in [0.3, 0.4) is 0 Å². The summed E-state index contributed by atoms with van der Waals surface area (Å²) in [5.74, 6) is -0.827. The van der Waals surface area contributed by atoms with Gasteiger partial charge in [-0.05, 0) is 19.5 Å². The molecule has 0 radical (unpaired) electrons. The van der Waals surface area contributed by atoms with E-state index in [0.717, 1.165) is 12.1 Å². The van der Waals surface area contributed by atoms with Gasteiger partial charge in [0.15, 0.2) is 0 Å². The second-order valence-electron chi connectivity index (χ2n) is 4.13. The van der Waals surface area contributed by atoms with Gasteiger partial charge in [-0.15, -0.1) is 0 Å². The van der Waals surface area contributed by atoms with Crippen molar-refractivity contribution in [3.05, 3.63) is 34.1 Å². The SMILES string of the molecule is CCNC(C)(C#N)COc1ccc([N+](=O)[O-])c(F)c1. The predicted octanol–water partition coefficient (Wildman–Crippen LogP) is 2.00. The van der Waals surface area contributed by atoms with E-state index in [4.69, 9.17) is 10.00 Å². The number of nitrogens with one attached hydrogen (secondary N) is 1. The molecule has 102 valence electrons. The van der Waals surface area contributed by atoms with Gasteiger partial charge < -0.3 is 4.74 Å². The Balaban J connectivity index is 2.77. The fourth-order valence-corrected chi connectivity index (χ4v) is 1.47. The molecule has 7 heteroatoms. The van der Waals surface area contributed by atoms with Gasteiger partial charge in [-0.25, -0.2) is 0 Å². The summed E-state index contributed by atoms with van der Waals surface area (Å²) in [4.78, 5) is 9.64. The topological polar surface area (TPSA) is 88.2 Å². The zero-order valence-electron chi connectivity index (χ0n) is 10.6. The fourth-order valence-electron chi connectivity index (χ4n) is 1.47. The third-order valence-electron chi connectivity index (χ3n) is 2.46. The van der Waals surface area contributed by atoms with Crippen LogP contribution in [0.25, 0.3) is 0 Å². The summed E-state index contributed by atoms with van der Waals surface area (Å²) in [6.07, 6.45) is 0. The van der Waals surface area contributed by atoms with Crippen LogP contribution >= 0.6 is 0 Å². The second kappa shape index (κ2) is 6.11. The third-order valence-corrected chi connectivity index (χ3v) is 2.46. The normalized spacial score (nSPS) is 13.4. The Morgan fingerprint density at radius 1 is 1.63 bits per heavy atom. The lowest BCUT2D eigenvalue weighted by Gasteiger charge is -2.22. The highest BCUT2D eigenvalue weighted by atomic mass is 19.1. The number of halogens is 1. The van der Waals surface area contributed by atoms with Crippen LogP contribution in [0.5, 0.6) is 5.75 Å². The lowest BCUT2D eigenvalue weighted by atomic mass is 10.1. The first-order chi connectivity index (χ1) is 8.91. The Kier molecular flexibility index (Phi) is 4.78. The van der Waals surface area contributed by atoms with Crippen LogP contribution in [0, 0.1) is 27.3 Å². The smallest absolute Gasteiger partial charge is 0.305 e. The standard InChI is InChI=1S/C12H14FN3O3/c1-3-15-12(2,7-14)8-19-9-4-5-11(16(17)18)10(13)6-9/h4-6,15H,3,8H2,1-2H3. The number of benzene rings is 1. The molecule has 0 fully saturated rings. The maximum absolute atomic E-state index is 13.3. The van der Waals surface area contributed by atoms with Crippen molar-refractivity contribution in [2.24, 2.45) is 0 Å². The second-order valence-corrected chi connectivity index (χ2v) is 4.13. The zero-order valence-corrected chi connectivity index (χ0v) is 10.6. The summed E-state index contributed by atoms with van der Waals surface area (Å²) in [6, 6.07) is 5.31. The minimum Gasteiger partial charge on any atom is -0.490 e. The monoisotopic (exact) mass is 267 g/mol. The van der Waals surface area contributed by atoms with E-state index < -0.39 is 22.0 Å². The predicted molar refractivity (Wildman–Crippen MR) is 66.2 cm³/mol. The van der Waals surface area contributed by atoms with E-state index >= 15 is 0 Å². The average molecular weight is 267 g/mol. The summed E-state index contributed by atoms with van der Waals surface area (Å²) in [5.41, 5.74) is -1.51. The molecule has 1 aromatic rings. The van der Waals surface area contributed by atoms with E-state index in [0.29, 0.717) is 6.54 Å². The Morgan fingerprint density at radius 2 is 2.32 bits per heavy atom. The fraction of sp³-hybridized carbons (Fsp3) is 0.417. The van der Waals surface area contributed by atoms with Crippen molar-refractivity contribution in [1.82, 2.24) is 5.32 Å². The first kappa shape index (κ1) is 14.9. The first-order valence-electron chi connectivity index (χ1n) is 5.65. The molecule has 0 spiro atoms. The maximum Gasteiger partial charge on any atom is 0.305 e. The van der Waals surface area contributed by atoms with Crippen LogP contribution in [0.2, 0.25) is 0 Å². The van der Waals surface area contributed by atoms with Crippen LogP contribution in [-0.2, 0) is 0 Å². The molecule has 1 atom stereocenters. The van der Waals surface area contributed by atoms with Crippen molar-refractivity contribution < 1.29 is 14.1 Å². The van der Waals surface area contributed by atoms with Crippen molar-refractivity contribution in [2.75, 3.05) is 13.2 Å². The summed E-state index contributed by atoms with van der Waals surface area (Å²) in [7, 11) is 0. The molecule has 1 rings (SSSR count). The van der Waals surface area contributed by atoms with Crippen molar-refractivity contribution >= 4 is 5.69 Å². The number of nitro benzene ring substituents is 1. The van der Waals surface area contributed by atoms with Gasteiger partial charge in [0.05, 0.1) is 11.0 Å². The van der Waals surface area contributed by atoms with Crippen LogP contribution in [-0.4, -0.2) is 23.6 Å². The maximum atomic E-state index is 13.3. The number of hydrogen-bond acceptors (Lipinski definition) is 5. The minimum atomic E-state index is -0.968. The Morgan fingerprint density at radius 3 is 2.79 bits per heavy atom. The van der Waals surface area contributed by atoms with E-state index in [1.165, 1.54) is 6.07 Å². The minimum absolute atomic E-state index is 0.00852. The van der Waals surface area contributed by atoms with Crippen molar-refractivity contribution in [3.8, 4) is 11.8 Å². The number of ether oxygens (including phenoxy) is 1. The number of nitro groups is 1. The summed E-state index contributed by atoms with van der Waals surface area (Å²) in [6.45, 7) is 4.09. The van der Waals surface area contributed by atoms with E-state index in [1.54, 1.807) is 6.92 Å². The highest BCUT2D eigenvalue weighted by molar-refractivity contribution is 5.38. The van der Waals surface area contributed by atoms with Crippen molar-refractivity contribution in [2.45, 2.75) is 19.4 Å². The molecule has 19 heavy (non-hydrogen) atoms. The molecular formula is C12H14FN3O3. The van der Waals surface area contributed by atoms with Gasteiger partial charge in [-0.3, -0.25) is 15.4 Å². The Bertz CT molecular complexity index is 515. The lowest BCUT2D eigenvalue weighted by molar-refractivity contribution is -0.387. The Hall–Kier alpha value is -2.20. The summed E-state index contributed by atoms with van der Waals surface area (Å²) >= 11 is 0. The quantitative estimate of drug-likeness (QED) is 0.629. The van der Waals surface area contributed by atoms with Gasteiger partial charge in [0.1, 0.15) is 17.9 Å². The first-order valence-corrected chi connectivity index (χ1v) is 5.65. The highest BCUT2D eigenvalue weighted by Gasteiger charge is 2.24. The van der Waals surface area contributed by atoms with E-state index in [2.05, 4.69) is 11.4 Å².